The normalized spacial score (nSPS) is 17.4. The van der Waals surface area contributed by atoms with Crippen LogP contribution < -0.4 is 4.90 Å². The third kappa shape index (κ3) is 4.85. The Balaban J connectivity index is 1.28. The van der Waals surface area contributed by atoms with Gasteiger partial charge in [-0.15, -0.1) is 11.3 Å². The standard InChI is InChI=1S/C22H28N4O2S/c1-16-5-3-4-6-18(16)13-21(28)25-11-9-24(10-12-25)14-19-15-29-22(23-19)26(17(2)27)20-7-8-20/h3-6,15,20H,7-14H2,1-2H3. The van der Waals surface area contributed by atoms with E-state index in [9.17, 15) is 9.59 Å². The highest BCUT2D eigenvalue weighted by molar-refractivity contribution is 7.14. The number of hydrogen-bond donors (Lipinski definition) is 0. The molecule has 0 N–H and O–H groups in total. The van der Waals surface area contributed by atoms with Crippen LogP contribution in [0.4, 0.5) is 5.13 Å². The van der Waals surface area contributed by atoms with Gasteiger partial charge in [-0.05, 0) is 30.9 Å². The molecule has 1 aromatic heterocycles. The van der Waals surface area contributed by atoms with Crippen molar-refractivity contribution in [2.75, 3.05) is 31.1 Å². The van der Waals surface area contributed by atoms with Crippen LogP contribution in [-0.2, 0) is 22.6 Å². The van der Waals surface area contributed by atoms with Crippen LogP contribution in [0.25, 0.3) is 0 Å². The average Bonchev–Trinajstić information content (AvgIpc) is 3.42. The van der Waals surface area contributed by atoms with Crippen molar-refractivity contribution < 1.29 is 9.59 Å². The van der Waals surface area contributed by atoms with E-state index in [0.717, 1.165) is 62.0 Å². The van der Waals surface area contributed by atoms with Crippen molar-refractivity contribution >= 4 is 28.3 Å². The van der Waals surface area contributed by atoms with E-state index in [1.807, 2.05) is 28.0 Å². The summed E-state index contributed by atoms with van der Waals surface area (Å²) >= 11 is 1.55. The third-order valence-electron chi connectivity index (χ3n) is 5.71. The number of aryl methyl sites for hydroxylation is 1. The van der Waals surface area contributed by atoms with Gasteiger partial charge in [-0.1, -0.05) is 24.3 Å². The van der Waals surface area contributed by atoms with Crippen molar-refractivity contribution in [2.24, 2.45) is 0 Å². The van der Waals surface area contributed by atoms with Gasteiger partial charge >= 0.3 is 0 Å². The zero-order chi connectivity index (χ0) is 20.4. The number of nitrogens with zero attached hydrogens (tertiary/aromatic N) is 4. The molecular weight excluding hydrogens is 384 g/mol. The van der Waals surface area contributed by atoms with Crippen LogP contribution in [0.2, 0.25) is 0 Å². The van der Waals surface area contributed by atoms with Crippen LogP contribution in [0.3, 0.4) is 0 Å². The Morgan fingerprint density at radius 3 is 2.55 bits per heavy atom. The van der Waals surface area contributed by atoms with Crippen molar-refractivity contribution in [2.45, 2.75) is 45.7 Å². The molecule has 0 atom stereocenters. The Morgan fingerprint density at radius 1 is 1.17 bits per heavy atom. The molecule has 2 aliphatic rings. The Hall–Kier alpha value is -2.25. The van der Waals surface area contributed by atoms with Crippen molar-refractivity contribution in [3.8, 4) is 0 Å². The highest BCUT2D eigenvalue weighted by Crippen LogP contribution is 2.33. The predicted molar refractivity (Wildman–Crippen MR) is 115 cm³/mol. The summed E-state index contributed by atoms with van der Waals surface area (Å²) in [6.45, 7) is 7.65. The van der Waals surface area contributed by atoms with E-state index >= 15 is 0 Å². The van der Waals surface area contributed by atoms with Crippen molar-refractivity contribution in [3.05, 3.63) is 46.5 Å². The SMILES string of the molecule is CC(=O)N(c1nc(CN2CCN(C(=O)Cc3ccccc3C)CC2)cs1)C1CC1. The number of amides is 2. The van der Waals surface area contributed by atoms with E-state index < -0.39 is 0 Å². The lowest BCUT2D eigenvalue weighted by Gasteiger charge is -2.34. The Labute approximate surface area is 176 Å². The maximum absolute atomic E-state index is 12.7. The quantitative estimate of drug-likeness (QED) is 0.732. The fraction of sp³-hybridized carbons (Fsp3) is 0.500. The lowest BCUT2D eigenvalue weighted by molar-refractivity contribution is -0.132. The summed E-state index contributed by atoms with van der Waals surface area (Å²) in [6, 6.07) is 8.43. The summed E-state index contributed by atoms with van der Waals surface area (Å²) in [5.74, 6) is 0.283. The maximum Gasteiger partial charge on any atom is 0.227 e. The molecule has 154 valence electrons. The number of anilines is 1. The Morgan fingerprint density at radius 2 is 1.90 bits per heavy atom. The zero-order valence-corrected chi connectivity index (χ0v) is 18.0. The minimum absolute atomic E-state index is 0.0779. The predicted octanol–water partition coefficient (Wildman–Crippen LogP) is 2.85. The molecule has 1 aliphatic carbocycles. The maximum atomic E-state index is 12.7. The molecule has 1 saturated carbocycles. The first-order valence-corrected chi connectivity index (χ1v) is 11.2. The van der Waals surface area contributed by atoms with E-state index in [1.54, 1.807) is 18.3 Å². The van der Waals surface area contributed by atoms with Crippen molar-refractivity contribution in [3.63, 3.8) is 0 Å². The number of rotatable bonds is 6. The van der Waals surface area contributed by atoms with Gasteiger partial charge in [0.05, 0.1) is 12.1 Å². The number of thiazole rings is 1. The highest BCUT2D eigenvalue weighted by Gasteiger charge is 2.33. The third-order valence-corrected chi connectivity index (χ3v) is 6.60. The number of carbonyl (C=O) groups is 2. The molecule has 2 fully saturated rings. The number of hydrogen-bond acceptors (Lipinski definition) is 5. The van der Waals surface area contributed by atoms with E-state index in [1.165, 1.54) is 5.56 Å². The van der Waals surface area contributed by atoms with Crippen LogP contribution in [-0.4, -0.2) is 58.8 Å². The second kappa shape index (κ2) is 8.63. The molecule has 7 heteroatoms. The molecule has 0 radical (unpaired) electrons. The molecule has 0 spiro atoms. The fourth-order valence-electron chi connectivity index (χ4n) is 3.83. The van der Waals surface area contributed by atoms with E-state index in [4.69, 9.17) is 4.98 Å². The van der Waals surface area contributed by atoms with Gasteiger partial charge in [-0.25, -0.2) is 4.98 Å². The molecule has 0 unspecified atom stereocenters. The molecule has 1 aromatic carbocycles. The lowest BCUT2D eigenvalue weighted by Crippen LogP contribution is -2.48. The number of carbonyl (C=O) groups excluding carboxylic acids is 2. The molecule has 4 rings (SSSR count). The van der Waals surface area contributed by atoms with Gasteiger partial charge in [0.25, 0.3) is 0 Å². The largest absolute Gasteiger partial charge is 0.340 e. The average molecular weight is 413 g/mol. The summed E-state index contributed by atoms with van der Waals surface area (Å²) in [6.07, 6.45) is 2.63. The highest BCUT2D eigenvalue weighted by atomic mass is 32.1. The van der Waals surface area contributed by atoms with Crippen LogP contribution in [0, 0.1) is 6.92 Å². The fourth-order valence-corrected chi connectivity index (χ4v) is 4.76. The second-order valence-electron chi connectivity index (χ2n) is 8.00. The minimum Gasteiger partial charge on any atom is -0.340 e. The van der Waals surface area contributed by atoms with Crippen LogP contribution in [0.5, 0.6) is 0 Å². The smallest absolute Gasteiger partial charge is 0.227 e. The van der Waals surface area contributed by atoms with Crippen LogP contribution >= 0.6 is 11.3 Å². The molecule has 6 nitrogen and oxygen atoms in total. The van der Waals surface area contributed by atoms with Gasteiger partial charge in [0, 0.05) is 51.1 Å². The van der Waals surface area contributed by atoms with E-state index in [2.05, 4.69) is 23.3 Å². The number of benzene rings is 1. The molecule has 2 aromatic rings. The summed E-state index contributed by atoms with van der Waals surface area (Å²) < 4.78 is 0. The zero-order valence-electron chi connectivity index (χ0n) is 17.1. The van der Waals surface area contributed by atoms with Crippen molar-refractivity contribution in [1.29, 1.82) is 0 Å². The summed E-state index contributed by atoms with van der Waals surface area (Å²) in [5.41, 5.74) is 3.29. The Bertz CT molecular complexity index is 884. The molecule has 0 bridgehead atoms. The van der Waals surface area contributed by atoms with Gasteiger partial charge < -0.3 is 4.90 Å². The topological polar surface area (TPSA) is 56.8 Å². The molecule has 2 amide bonds. The van der Waals surface area contributed by atoms with E-state index in [-0.39, 0.29) is 11.8 Å². The Kier molecular flexibility index (Phi) is 5.96. The number of piperazine rings is 1. The molecule has 1 aliphatic heterocycles. The molecule has 1 saturated heterocycles. The first-order valence-electron chi connectivity index (χ1n) is 10.3. The van der Waals surface area contributed by atoms with Gasteiger partial charge in [-0.3, -0.25) is 19.4 Å². The summed E-state index contributed by atoms with van der Waals surface area (Å²) in [4.78, 5) is 35.4. The second-order valence-corrected chi connectivity index (χ2v) is 8.84. The molecular formula is C22H28N4O2S. The van der Waals surface area contributed by atoms with Gasteiger partial charge in [0.1, 0.15) is 0 Å². The van der Waals surface area contributed by atoms with Gasteiger partial charge in [0.15, 0.2) is 5.13 Å². The monoisotopic (exact) mass is 412 g/mol. The van der Waals surface area contributed by atoms with Crippen LogP contribution in [0.15, 0.2) is 29.6 Å². The first-order chi connectivity index (χ1) is 14.0. The first kappa shape index (κ1) is 20.0. The van der Waals surface area contributed by atoms with Gasteiger partial charge in [-0.2, -0.15) is 0 Å². The van der Waals surface area contributed by atoms with Gasteiger partial charge in [0.2, 0.25) is 11.8 Å². The molecule has 29 heavy (non-hydrogen) atoms. The van der Waals surface area contributed by atoms with Crippen molar-refractivity contribution in [1.82, 2.24) is 14.8 Å². The molecule has 2 heterocycles. The number of aromatic nitrogens is 1. The van der Waals surface area contributed by atoms with E-state index in [0.29, 0.717) is 12.5 Å². The van der Waals surface area contributed by atoms with Crippen LogP contribution in [0.1, 0.15) is 36.6 Å². The lowest BCUT2D eigenvalue weighted by atomic mass is 10.1. The minimum atomic E-state index is 0.0779. The summed E-state index contributed by atoms with van der Waals surface area (Å²) in [5, 5.41) is 2.88. The summed E-state index contributed by atoms with van der Waals surface area (Å²) in [7, 11) is 0.